The Labute approximate surface area is 269 Å². The van der Waals surface area contributed by atoms with Crippen LogP contribution in [-0.4, -0.2) is 44.6 Å². The number of rotatable bonds is 11. The molecule has 1 atom stereocenters. The number of nitrogens with one attached hydrogen (secondary N) is 1. The van der Waals surface area contributed by atoms with Gasteiger partial charge in [-0.15, -0.1) is 0 Å². The van der Waals surface area contributed by atoms with Gasteiger partial charge in [0.1, 0.15) is 36.5 Å². The highest BCUT2D eigenvalue weighted by Gasteiger charge is 2.33. The van der Waals surface area contributed by atoms with Gasteiger partial charge >= 0.3 is 17.0 Å². The maximum absolute atomic E-state index is 14.8. The molecule has 0 aliphatic rings. The molecule has 5 aromatic rings. The number of benzene rings is 3. The largest absolute Gasteiger partial charge is 0.508 e. The molecule has 0 unspecified atom stereocenters. The molecule has 0 bridgehead atoms. The molecule has 3 aromatic carbocycles. The van der Waals surface area contributed by atoms with Crippen LogP contribution < -0.4 is 15.5 Å². The number of hydrogen-bond acceptors (Lipinski definition) is 6. The highest BCUT2D eigenvalue weighted by Crippen LogP contribution is 2.23. The topological polar surface area (TPSA) is 131 Å². The van der Waals surface area contributed by atoms with Crippen molar-refractivity contribution in [1.29, 1.82) is 0 Å². The van der Waals surface area contributed by atoms with Crippen LogP contribution in [0.2, 0.25) is 0 Å². The van der Waals surface area contributed by atoms with E-state index in [0.717, 1.165) is 9.84 Å². The number of thiazole rings is 1. The summed E-state index contributed by atoms with van der Waals surface area (Å²) in [4.78, 5) is 42.5. The molecule has 2 heterocycles. The van der Waals surface area contributed by atoms with Crippen molar-refractivity contribution in [2.24, 2.45) is 5.73 Å². The maximum atomic E-state index is 14.8. The average molecular weight is 645 g/mol. The van der Waals surface area contributed by atoms with Crippen LogP contribution in [-0.2, 0) is 29.0 Å². The Kier molecular flexibility index (Phi) is 9.67. The van der Waals surface area contributed by atoms with Crippen molar-refractivity contribution in [2.75, 3.05) is 5.32 Å². The van der Waals surface area contributed by atoms with Gasteiger partial charge in [-0.05, 0) is 68.8 Å². The molecular weight excluding hydrogens is 609 g/mol. The van der Waals surface area contributed by atoms with Crippen LogP contribution in [0.1, 0.15) is 45.9 Å². The summed E-state index contributed by atoms with van der Waals surface area (Å²) in [6, 6.07) is 17.3. The molecule has 5 rings (SSSR count). The van der Waals surface area contributed by atoms with E-state index in [1.807, 2.05) is 28.3 Å². The molecule has 0 aliphatic heterocycles. The molecule has 10 nitrogen and oxygen atoms in total. The number of aryl methyl sites for hydroxylation is 1. The zero-order valence-corrected chi connectivity index (χ0v) is 26.5. The first-order valence-corrected chi connectivity index (χ1v) is 15.5. The fourth-order valence-corrected chi connectivity index (χ4v) is 6.05. The van der Waals surface area contributed by atoms with Crippen LogP contribution in [0.15, 0.2) is 85.2 Å². The number of anilines is 1. The quantitative estimate of drug-likeness (QED) is 0.135. The van der Waals surface area contributed by atoms with E-state index in [1.165, 1.54) is 34.4 Å². The fourth-order valence-electron chi connectivity index (χ4n) is 5.09. The second-order valence-corrected chi connectivity index (χ2v) is 12.4. The summed E-state index contributed by atoms with van der Waals surface area (Å²) in [7, 11) is 0. The Bertz CT molecular complexity index is 1870. The number of phenolic OH excluding ortho intramolecular Hbond substituents is 1. The van der Waals surface area contributed by atoms with Crippen molar-refractivity contribution >= 4 is 39.9 Å². The summed E-state index contributed by atoms with van der Waals surface area (Å²) >= 11 is 1.52. The SMILES string of the molecule is Cc1c[n+]2cc(CN(C(=O)Nc3ccc(C(=O)OC(C)C)cc3)[C@@H](Cc3ccc(O)cc3)C(N)=O)n(Cc3ccccc3F)c2s1. The predicted octanol–water partition coefficient (Wildman–Crippen LogP) is 5.19. The molecule has 0 aliphatic carbocycles. The van der Waals surface area contributed by atoms with Crippen molar-refractivity contribution in [3.8, 4) is 5.75 Å². The predicted molar refractivity (Wildman–Crippen MR) is 172 cm³/mol. The van der Waals surface area contributed by atoms with Gasteiger partial charge in [0.15, 0.2) is 5.69 Å². The van der Waals surface area contributed by atoms with Gasteiger partial charge < -0.3 is 25.8 Å². The van der Waals surface area contributed by atoms with Gasteiger partial charge in [-0.3, -0.25) is 4.79 Å². The molecular formula is C34H35FN5O5S+. The zero-order chi connectivity index (χ0) is 33.0. The Morgan fingerprint density at radius 3 is 2.39 bits per heavy atom. The second-order valence-electron chi connectivity index (χ2n) is 11.2. The number of primary amides is 1. The standard InChI is InChI=1S/C34H34FN5O5S/c1-21(2)45-32(43)24-10-12-26(13-11-24)37-33(44)40(30(31(36)42)16-23-8-14-28(41)15-9-23)20-27-19-38-17-22(3)46-34(38)39(27)18-25-6-4-5-7-29(25)35/h4-15,17,19,21,30H,16,18,20H2,1-3H3,(H3-,36,37,41,42,43,44)/p+1/t30-/m0/s1. The van der Waals surface area contributed by atoms with E-state index in [9.17, 15) is 23.9 Å². The monoisotopic (exact) mass is 644 g/mol. The Morgan fingerprint density at radius 2 is 1.74 bits per heavy atom. The molecule has 238 valence electrons. The number of halogens is 1. The number of aromatic hydroxyl groups is 1. The third kappa shape index (κ3) is 7.52. The van der Waals surface area contributed by atoms with Crippen molar-refractivity contribution in [2.45, 2.75) is 52.4 Å². The molecule has 0 saturated carbocycles. The lowest BCUT2D eigenvalue weighted by molar-refractivity contribution is -0.506. The molecule has 0 radical (unpaired) electrons. The van der Waals surface area contributed by atoms with Crippen molar-refractivity contribution < 1.29 is 33.0 Å². The van der Waals surface area contributed by atoms with Gasteiger partial charge in [0.25, 0.3) is 0 Å². The van der Waals surface area contributed by atoms with Crippen LogP contribution in [0.4, 0.5) is 14.9 Å². The minimum Gasteiger partial charge on any atom is -0.508 e. The summed E-state index contributed by atoms with van der Waals surface area (Å²) in [5, 5.41) is 12.6. The number of imidazole rings is 1. The van der Waals surface area contributed by atoms with E-state index in [1.54, 1.807) is 68.4 Å². The third-order valence-electron chi connectivity index (χ3n) is 7.32. The fraction of sp³-hybridized carbons (Fsp3) is 0.235. The number of nitrogens with two attached hydrogens (primary N) is 1. The number of carbonyl (C=O) groups is 3. The van der Waals surface area contributed by atoms with Gasteiger partial charge in [-0.25, -0.2) is 18.5 Å². The first-order valence-electron chi connectivity index (χ1n) is 14.7. The van der Waals surface area contributed by atoms with Gasteiger partial charge in [-0.2, -0.15) is 4.40 Å². The molecule has 46 heavy (non-hydrogen) atoms. The first kappa shape index (κ1) is 32.2. The second kappa shape index (κ2) is 13.8. The van der Waals surface area contributed by atoms with E-state index >= 15 is 0 Å². The number of fused-ring (bicyclic) bond motifs is 1. The minimum absolute atomic E-state index is 0.0434. The van der Waals surface area contributed by atoms with Crippen LogP contribution in [0, 0.1) is 12.7 Å². The van der Waals surface area contributed by atoms with Gasteiger partial charge in [0.05, 0.1) is 18.2 Å². The van der Waals surface area contributed by atoms with Crippen molar-refractivity contribution in [1.82, 2.24) is 9.47 Å². The molecule has 0 spiro atoms. The highest BCUT2D eigenvalue weighted by atomic mass is 32.1. The zero-order valence-electron chi connectivity index (χ0n) is 25.6. The Balaban J connectivity index is 1.51. The Hall–Kier alpha value is -5.23. The summed E-state index contributed by atoms with van der Waals surface area (Å²) in [6.07, 6.45) is 3.60. The summed E-state index contributed by atoms with van der Waals surface area (Å²) in [6.45, 7) is 5.63. The van der Waals surface area contributed by atoms with E-state index in [4.69, 9.17) is 10.5 Å². The summed E-state index contributed by atoms with van der Waals surface area (Å²) < 4.78 is 23.9. The highest BCUT2D eigenvalue weighted by molar-refractivity contribution is 7.16. The lowest BCUT2D eigenvalue weighted by Crippen LogP contribution is -2.50. The van der Waals surface area contributed by atoms with E-state index in [2.05, 4.69) is 5.32 Å². The molecule has 3 amide bonds. The van der Waals surface area contributed by atoms with Crippen LogP contribution in [0.5, 0.6) is 5.75 Å². The Morgan fingerprint density at radius 1 is 1.04 bits per heavy atom. The van der Waals surface area contributed by atoms with Crippen molar-refractivity contribution in [3.05, 3.63) is 118 Å². The first-order chi connectivity index (χ1) is 22.0. The lowest BCUT2D eigenvalue weighted by atomic mass is 10.0. The van der Waals surface area contributed by atoms with Crippen molar-refractivity contribution in [3.63, 3.8) is 0 Å². The number of amides is 3. The number of carbonyl (C=O) groups excluding carboxylic acids is 3. The van der Waals surface area contributed by atoms with Gasteiger partial charge in [0, 0.05) is 22.5 Å². The molecule has 4 N–H and O–H groups in total. The average Bonchev–Trinajstić information content (AvgIpc) is 3.52. The van der Waals surface area contributed by atoms with Gasteiger partial charge in [-0.1, -0.05) is 41.7 Å². The number of urea groups is 1. The lowest BCUT2D eigenvalue weighted by Gasteiger charge is -2.29. The van der Waals surface area contributed by atoms with Gasteiger partial charge in [0.2, 0.25) is 5.91 Å². The smallest absolute Gasteiger partial charge is 0.346 e. The number of ether oxygens (including phenoxy) is 1. The minimum atomic E-state index is -1.09. The number of aromatic nitrogens is 2. The molecule has 0 fully saturated rings. The number of esters is 1. The molecule has 2 aromatic heterocycles. The van der Waals surface area contributed by atoms with E-state index in [-0.39, 0.29) is 37.2 Å². The summed E-state index contributed by atoms with van der Waals surface area (Å²) in [5.74, 6) is -1.51. The molecule has 0 saturated heterocycles. The number of nitrogens with zero attached hydrogens (tertiary/aromatic N) is 3. The normalized spacial score (nSPS) is 11.8. The maximum Gasteiger partial charge on any atom is 0.346 e. The van der Waals surface area contributed by atoms with Crippen LogP contribution >= 0.6 is 11.3 Å². The third-order valence-corrected chi connectivity index (χ3v) is 8.37. The van der Waals surface area contributed by atoms with E-state index < -0.39 is 23.9 Å². The summed E-state index contributed by atoms with van der Waals surface area (Å²) in [5.41, 5.74) is 8.43. The van der Waals surface area contributed by atoms with E-state index in [0.29, 0.717) is 28.1 Å². The molecule has 12 heteroatoms. The number of hydrogen-bond donors (Lipinski definition) is 3. The number of phenols is 1. The van der Waals surface area contributed by atoms with Crippen LogP contribution in [0.25, 0.3) is 4.96 Å². The van der Waals surface area contributed by atoms with Crippen LogP contribution in [0.3, 0.4) is 0 Å².